The van der Waals surface area contributed by atoms with Crippen LogP contribution in [0.25, 0.3) is 0 Å². The van der Waals surface area contributed by atoms with E-state index >= 15 is 0 Å². The highest BCUT2D eigenvalue weighted by Gasteiger charge is 2.19. The molecular weight excluding hydrogens is 248 g/mol. The molecule has 0 rings (SSSR count). The highest BCUT2D eigenvalue weighted by Crippen LogP contribution is 2.13. The average Bonchev–Trinajstić information content (AvgIpc) is 2.48. The predicted molar refractivity (Wildman–Crippen MR) is 88.7 cm³/mol. The Kier molecular flexibility index (Phi) is 11.7. The van der Waals surface area contributed by atoms with E-state index in [1.54, 1.807) is 0 Å². The van der Waals surface area contributed by atoms with E-state index in [0.29, 0.717) is 19.8 Å². The van der Waals surface area contributed by atoms with Gasteiger partial charge < -0.3 is 16.2 Å². The largest absolute Gasteiger partial charge is 0.377 e. The minimum Gasteiger partial charge on any atom is -0.377 e. The van der Waals surface area contributed by atoms with Crippen LogP contribution in [0.15, 0.2) is 23.8 Å². The van der Waals surface area contributed by atoms with Gasteiger partial charge in [0.15, 0.2) is 0 Å². The second-order valence-electron chi connectivity index (χ2n) is 5.53. The second kappa shape index (κ2) is 12.1. The van der Waals surface area contributed by atoms with E-state index in [0.717, 1.165) is 19.3 Å². The maximum absolute atomic E-state index is 6.16. The van der Waals surface area contributed by atoms with Crippen molar-refractivity contribution in [2.24, 2.45) is 11.5 Å². The van der Waals surface area contributed by atoms with Gasteiger partial charge in [0.05, 0.1) is 6.61 Å². The number of rotatable bonds is 12. The highest BCUT2D eigenvalue weighted by atomic mass is 16.5. The molecule has 0 aromatic heterocycles. The predicted octanol–water partition coefficient (Wildman–Crippen LogP) is 3.54. The summed E-state index contributed by atoms with van der Waals surface area (Å²) in [6.45, 7) is 8.25. The van der Waals surface area contributed by atoms with Crippen LogP contribution in [0.2, 0.25) is 0 Å². The van der Waals surface area contributed by atoms with Gasteiger partial charge in [-0.15, -0.1) is 0 Å². The molecule has 0 heterocycles. The minimum atomic E-state index is -0.268. The number of hydrogen-bond acceptors (Lipinski definition) is 3. The second-order valence-corrected chi connectivity index (χ2v) is 5.53. The number of unbranched alkanes of at least 4 members (excludes halogenated alkanes) is 2. The molecule has 0 bridgehead atoms. The molecule has 3 nitrogen and oxygen atoms in total. The fraction of sp³-hybridized carbons (Fsp3) is 0.765. The van der Waals surface area contributed by atoms with Gasteiger partial charge in [-0.25, -0.2) is 0 Å². The molecule has 0 aliphatic carbocycles. The zero-order chi connectivity index (χ0) is 15.3. The monoisotopic (exact) mass is 282 g/mol. The van der Waals surface area contributed by atoms with Gasteiger partial charge in [-0.1, -0.05) is 44.9 Å². The molecule has 0 aliphatic rings. The third kappa shape index (κ3) is 9.29. The fourth-order valence-electron chi connectivity index (χ4n) is 1.94. The quantitative estimate of drug-likeness (QED) is 0.425. The molecule has 0 saturated carbocycles. The SMILES string of the molecule is C/C=C/C=C(\CCCCC)COCCC(N)(CC)CN. The van der Waals surface area contributed by atoms with Gasteiger partial charge in [0.25, 0.3) is 0 Å². The van der Waals surface area contributed by atoms with Gasteiger partial charge in [-0.2, -0.15) is 0 Å². The highest BCUT2D eigenvalue weighted by molar-refractivity contribution is 5.12. The van der Waals surface area contributed by atoms with E-state index < -0.39 is 0 Å². The van der Waals surface area contributed by atoms with Gasteiger partial charge in [-0.05, 0) is 38.2 Å². The maximum Gasteiger partial charge on any atom is 0.0679 e. The van der Waals surface area contributed by atoms with Crippen molar-refractivity contribution in [3.63, 3.8) is 0 Å². The van der Waals surface area contributed by atoms with E-state index in [2.05, 4.69) is 32.1 Å². The summed E-state index contributed by atoms with van der Waals surface area (Å²) in [4.78, 5) is 0. The molecule has 3 heteroatoms. The first-order valence-corrected chi connectivity index (χ1v) is 7.99. The molecule has 0 aromatic carbocycles. The lowest BCUT2D eigenvalue weighted by atomic mass is 9.94. The smallest absolute Gasteiger partial charge is 0.0679 e. The van der Waals surface area contributed by atoms with Crippen LogP contribution >= 0.6 is 0 Å². The van der Waals surface area contributed by atoms with E-state index in [4.69, 9.17) is 16.2 Å². The number of nitrogens with two attached hydrogens (primary N) is 2. The van der Waals surface area contributed by atoms with Crippen molar-refractivity contribution in [2.45, 2.75) is 64.8 Å². The van der Waals surface area contributed by atoms with Gasteiger partial charge in [0.2, 0.25) is 0 Å². The third-order valence-electron chi connectivity index (χ3n) is 3.77. The van der Waals surface area contributed by atoms with Crippen LogP contribution in [0.4, 0.5) is 0 Å². The van der Waals surface area contributed by atoms with Crippen molar-refractivity contribution in [3.8, 4) is 0 Å². The van der Waals surface area contributed by atoms with E-state index in [9.17, 15) is 0 Å². The molecule has 1 atom stereocenters. The zero-order valence-electron chi connectivity index (χ0n) is 13.7. The van der Waals surface area contributed by atoms with Crippen molar-refractivity contribution >= 4 is 0 Å². The summed E-state index contributed by atoms with van der Waals surface area (Å²) in [6, 6.07) is 0. The lowest BCUT2D eigenvalue weighted by Crippen LogP contribution is -2.47. The Labute approximate surface area is 125 Å². The Balaban J connectivity index is 4.07. The molecule has 0 aliphatic heterocycles. The summed E-state index contributed by atoms with van der Waals surface area (Å²) < 4.78 is 5.79. The van der Waals surface area contributed by atoms with Gasteiger partial charge >= 0.3 is 0 Å². The average molecular weight is 282 g/mol. The van der Waals surface area contributed by atoms with Crippen LogP contribution in [0.3, 0.4) is 0 Å². The van der Waals surface area contributed by atoms with E-state index in [1.807, 2.05) is 6.92 Å². The first kappa shape index (κ1) is 19.4. The molecule has 1 unspecified atom stereocenters. The van der Waals surface area contributed by atoms with Crippen LogP contribution < -0.4 is 11.5 Å². The van der Waals surface area contributed by atoms with Crippen molar-refractivity contribution in [3.05, 3.63) is 23.8 Å². The Bertz CT molecular complexity index is 281. The molecule has 0 spiro atoms. The summed E-state index contributed by atoms with van der Waals surface area (Å²) >= 11 is 0. The molecule has 0 aromatic rings. The van der Waals surface area contributed by atoms with Gasteiger partial charge in [-0.3, -0.25) is 0 Å². The van der Waals surface area contributed by atoms with Crippen molar-refractivity contribution < 1.29 is 4.74 Å². The van der Waals surface area contributed by atoms with Crippen LogP contribution in [-0.2, 0) is 4.74 Å². The van der Waals surface area contributed by atoms with Crippen molar-refractivity contribution in [1.82, 2.24) is 0 Å². The Hall–Kier alpha value is -0.640. The number of ether oxygens (including phenoxy) is 1. The summed E-state index contributed by atoms with van der Waals surface area (Å²) in [6.07, 6.45) is 12.9. The molecule has 20 heavy (non-hydrogen) atoms. The first-order chi connectivity index (χ1) is 9.61. The first-order valence-electron chi connectivity index (χ1n) is 7.99. The molecule has 0 saturated heterocycles. The van der Waals surface area contributed by atoms with Crippen LogP contribution in [0.5, 0.6) is 0 Å². The van der Waals surface area contributed by atoms with Crippen LogP contribution in [-0.4, -0.2) is 25.3 Å². The third-order valence-corrected chi connectivity index (χ3v) is 3.77. The maximum atomic E-state index is 6.16. The van der Waals surface area contributed by atoms with Crippen LogP contribution in [0.1, 0.15) is 59.3 Å². The van der Waals surface area contributed by atoms with Crippen LogP contribution in [0, 0.1) is 0 Å². The number of hydrogen-bond donors (Lipinski definition) is 2. The molecular formula is C17H34N2O. The standard InChI is InChI=1S/C17H34N2O/c1-4-7-9-11-16(10-8-5-2)14-20-13-12-17(19,6-3)15-18/h5,8,10H,4,6-7,9,11-15,18-19H2,1-3H3/b8-5+,16-10+. The van der Waals surface area contributed by atoms with Gasteiger partial charge in [0, 0.05) is 18.7 Å². The molecule has 0 amide bonds. The minimum absolute atomic E-state index is 0.268. The summed E-state index contributed by atoms with van der Waals surface area (Å²) in [7, 11) is 0. The summed E-state index contributed by atoms with van der Waals surface area (Å²) in [5.74, 6) is 0. The van der Waals surface area contributed by atoms with Gasteiger partial charge in [0.1, 0.15) is 0 Å². The molecule has 4 N–H and O–H groups in total. The van der Waals surface area contributed by atoms with E-state index in [1.165, 1.54) is 24.8 Å². The zero-order valence-corrected chi connectivity index (χ0v) is 13.7. The normalized spacial score (nSPS) is 15.8. The Morgan fingerprint density at radius 2 is 2.00 bits per heavy atom. The number of allylic oxidation sites excluding steroid dienone is 3. The molecule has 0 radical (unpaired) electrons. The van der Waals surface area contributed by atoms with Crippen molar-refractivity contribution in [1.29, 1.82) is 0 Å². The fourth-order valence-corrected chi connectivity index (χ4v) is 1.94. The van der Waals surface area contributed by atoms with E-state index in [-0.39, 0.29) is 5.54 Å². The lowest BCUT2D eigenvalue weighted by molar-refractivity contribution is 0.131. The topological polar surface area (TPSA) is 61.3 Å². The summed E-state index contributed by atoms with van der Waals surface area (Å²) in [5, 5.41) is 0. The molecule has 118 valence electrons. The Morgan fingerprint density at radius 3 is 2.55 bits per heavy atom. The molecule has 0 fully saturated rings. The summed E-state index contributed by atoms with van der Waals surface area (Å²) in [5.41, 5.74) is 13.0. The Morgan fingerprint density at radius 1 is 1.25 bits per heavy atom. The lowest BCUT2D eigenvalue weighted by Gasteiger charge is -2.26. The van der Waals surface area contributed by atoms with Crippen molar-refractivity contribution in [2.75, 3.05) is 19.8 Å².